The number of alkyl halides is 2. The Balaban J connectivity index is 1.56. The van der Waals surface area contributed by atoms with E-state index in [1.165, 1.54) is 6.07 Å². The maximum atomic E-state index is 12.8. The molecule has 1 fully saturated rings. The summed E-state index contributed by atoms with van der Waals surface area (Å²) in [6.07, 6.45) is 2.15. The number of piperidine rings is 1. The van der Waals surface area contributed by atoms with Crippen LogP contribution in [0.5, 0.6) is 5.75 Å². The Kier molecular flexibility index (Phi) is 7.55. The molecule has 1 saturated heterocycles. The lowest BCUT2D eigenvalue weighted by Gasteiger charge is -2.32. The van der Waals surface area contributed by atoms with Gasteiger partial charge in [0.1, 0.15) is 5.75 Å². The van der Waals surface area contributed by atoms with Gasteiger partial charge < -0.3 is 10.1 Å². The molecule has 3 rings (SSSR count). The molecule has 0 spiro atoms. The third-order valence-corrected chi connectivity index (χ3v) is 6.07. The average Bonchev–Trinajstić information content (AvgIpc) is 3.11. The van der Waals surface area contributed by atoms with Crippen LogP contribution >= 0.6 is 11.3 Å². The summed E-state index contributed by atoms with van der Waals surface area (Å²) in [5.74, 6) is 0.0246. The molecule has 5 nitrogen and oxygen atoms in total. The molecule has 1 aliphatic rings. The molecule has 8 heteroatoms. The van der Waals surface area contributed by atoms with Gasteiger partial charge in [0.15, 0.2) is 0 Å². The van der Waals surface area contributed by atoms with Crippen molar-refractivity contribution < 1.29 is 18.3 Å². The van der Waals surface area contributed by atoms with Crippen molar-refractivity contribution in [1.82, 2.24) is 15.2 Å². The van der Waals surface area contributed by atoms with Gasteiger partial charge in [-0.3, -0.25) is 9.69 Å². The highest BCUT2D eigenvalue weighted by molar-refractivity contribution is 7.09. The van der Waals surface area contributed by atoms with Crippen molar-refractivity contribution in [3.05, 3.63) is 45.9 Å². The quantitative estimate of drug-likeness (QED) is 0.678. The lowest BCUT2D eigenvalue weighted by atomic mass is 9.94. The summed E-state index contributed by atoms with van der Waals surface area (Å²) in [5, 5.41) is 6.19. The van der Waals surface area contributed by atoms with Crippen molar-refractivity contribution in [2.45, 2.75) is 52.3 Å². The standard InChI is InChI=1S/C21H27F2N3O2S/c1-3-18(17-6-4-5-7-19(17)28-21(22)23)25-20(27)15-8-10-26(11-9-15)12-16-13-29-14(2)24-16/h4-7,13,15,18,21H,3,8-12H2,1-2H3,(H,25,27). The van der Waals surface area contributed by atoms with E-state index in [9.17, 15) is 13.6 Å². The maximum Gasteiger partial charge on any atom is 0.387 e. The van der Waals surface area contributed by atoms with E-state index < -0.39 is 6.61 Å². The zero-order valence-corrected chi connectivity index (χ0v) is 17.6. The minimum atomic E-state index is -2.89. The third-order valence-electron chi connectivity index (χ3n) is 5.25. The second kappa shape index (κ2) is 10.1. The largest absolute Gasteiger partial charge is 0.434 e. The van der Waals surface area contributed by atoms with Crippen LogP contribution in [-0.2, 0) is 11.3 Å². The van der Waals surface area contributed by atoms with Crippen molar-refractivity contribution >= 4 is 17.2 Å². The van der Waals surface area contributed by atoms with Gasteiger partial charge in [-0.25, -0.2) is 4.98 Å². The SMILES string of the molecule is CCC(NC(=O)C1CCN(Cc2csc(C)n2)CC1)c1ccccc1OC(F)F. The van der Waals surface area contributed by atoms with Crippen molar-refractivity contribution in [3.8, 4) is 5.75 Å². The Labute approximate surface area is 174 Å². The van der Waals surface area contributed by atoms with Gasteiger partial charge in [0.25, 0.3) is 0 Å². The summed E-state index contributed by atoms with van der Waals surface area (Å²) in [6.45, 7) is 3.53. The van der Waals surface area contributed by atoms with Crippen molar-refractivity contribution in [2.75, 3.05) is 13.1 Å². The first-order chi connectivity index (χ1) is 14.0. The molecule has 0 saturated carbocycles. The number of aryl methyl sites for hydroxylation is 1. The minimum Gasteiger partial charge on any atom is -0.434 e. The van der Waals surface area contributed by atoms with E-state index in [0.29, 0.717) is 12.0 Å². The molecule has 2 aromatic rings. The third kappa shape index (κ3) is 5.96. The minimum absolute atomic E-state index is 0.0205. The number of benzene rings is 1. The molecule has 1 aromatic carbocycles. The van der Waals surface area contributed by atoms with E-state index >= 15 is 0 Å². The number of thiazole rings is 1. The van der Waals surface area contributed by atoms with E-state index in [4.69, 9.17) is 0 Å². The van der Waals surface area contributed by atoms with E-state index in [2.05, 4.69) is 25.3 Å². The average molecular weight is 424 g/mol. The lowest BCUT2D eigenvalue weighted by Crippen LogP contribution is -2.41. The van der Waals surface area contributed by atoms with Crippen LogP contribution in [0.15, 0.2) is 29.6 Å². The molecule has 1 amide bonds. The number of hydrogen-bond donors (Lipinski definition) is 1. The number of ether oxygens (including phenoxy) is 1. The molecule has 1 unspecified atom stereocenters. The molecular weight excluding hydrogens is 396 g/mol. The Morgan fingerprint density at radius 2 is 2.07 bits per heavy atom. The number of nitrogens with zero attached hydrogens (tertiary/aromatic N) is 2. The smallest absolute Gasteiger partial charge is 0.387 e. The molecule has 2 heterocycles. The molecule has 0 radical (unpaired) electrons. The second-order valence-electron chi connectivity index (χ2n) is 7.29. The van der Waals surface area contributed by atoms with Gasteiger partial charge in [-0.1, -0.05) is 25.1 Å². The number of para-hydroxylation sites is 1. The highest BCUT2D eigenvalue weighted by Crippen LogP contribution is 2.29. The first-order valence-electron chi connectivity index (χ1n) is 9.93. The van der Waals surface area contributed by atoms with E-state index in [-0.39, 0.29) is 23.6 Å². The molecule has 158 valence electrons. The lowest BCUT2D eigenvalue weighted by molar-refractivity contribution is -0.127. The first kappa shape index (κ1) is 21.6. The van der Waals surface area contributed by atoms with Crippen LogP contribution in [0.25, 0.3) is 0 Å². The van der Waals surface area contributed by atoms with Gasteiger partial charge in [0.2, 0.25) is 5.91 Å². The number of carbonyl (C=O) groups is 1. The summed E-state index contributed by atoms with van der Waals surface area (Å²) in [5.41, 5.74) is 1.66. The first-order valence-corrected chi connectivity index (χ1v) is 10.8. The van der Waals surface area contributed by atoms with Crippen molar-refractivity contribution in [1.29, 1.82) is 0 Å². The molecule has 0 bridgehead atoms. The van der Waals surface area contributed by atoms with Crippen LogP contribution in [0.1, 0.15) is 48.5 Å². The van der Waals surface area contributed by atoms with Gasteiger partial charge in [-0.15, -0.1) is 11.3 Å². The van der Waals surface area contributed by atoms with Crippen molar-refractivity contribution in [2.24, 2.45) is 5.92 Å². The fourth-order valence-corrected chi connectivity index (χ4v) is 4.33. The van der Waals surface area contributed by atoms with Crippen LogP contribution < -0.4 is 10.1 Å². The second-order valence-corrected chi connectivity index (χ2v) is 8.36. The summed E-state index contributed by atoms with van der Waals surface area (Å²) in [6, 6.07) is 6.30. The zero-order valence-electron chi connectivity index (χ0n) is 16.7. The van der Waals surface area contributed by atoms with E-state index in [1.54, 1.807) is 29.5 Å². The summed E-state index contributed by atoms with van der Waals surface area (Å²) in [7, 11) is 0. The maximum absolute atomic E-state index is 12.8. The van der Waals surface area contributed by atoms with Crippen LogP contribution in [-0.4, -0.2) is 35.5 Å². The van der Waals surface area contributed by atoms with Gasteiger partial charge in [0, 0.05) is 23.4 Å². The molecular formula is C21H27F2N3O2S. The number of hydrogen-bond acceptors (Lipinski definition) is 5. The summed E-state index contributed by atoms with van der Waals surface area (Å²) < 4.78 is 30.0. The van der Waals surface area contributed by atoms with Gasteiger partial charge >= 0.3 is 6.61 Å². The molecule has 1 atom stereocenters. The highest BCUT2D eigenvalue weighted by Gasteiger charge is 2.27. The molecule has 0 aliphatic carbocycles. The number of amides is 1. The number of likely N-dealkylation sites (tertiary alicyclic amines) is 1. The topological polar surface area (TPSA) is 54.5 Å². The van der Waals surface area contributed by atoms with E-state index in [1.807, 2.05) is 13.8 Å². The van der Waals surface area contributed by atoms with Crippen molar-refractivity contribution in [3.63, 3.8) is 0 Å². The Hall–Kier alpha value is -2.06. The number of halogens is 2. The van der Waals surface area contributed by atoms with Crippen LogP contribution in [0.3, 0.4) is 0 Å². The van der Waals surface area contributed by atoms with Gasteiger partial charge in [-0.05, 0) is 45.3 Å². The molecule has 29 heavy (non-hydrogen) atoms. The summed E-state index contributed by atoms with van der Waals surface area (Å²) >= 11 is 1.65. The number of nitrogens with one attached hydrogen (secondary N) is 1. The monoisotopic (exact) mass is 423 g/mol. The zero-order chi connectivity index (χ0) is 20.8. The number of carbonyl (C=O) groups excluding carboxylic acids is 1. The summed E-state index contributed by atoms with van der Waals surface area (Å²) in [4.78, 5) is 19.6. The Bertz CT molecular complexity index is 807. The number of rotatable bonds is 8. The molecule has 1 aromatic heterocycles. The predicted molar refractivity (Wildman–Crippen MR) is 109 cm³/mol. The predicted octanol–water partition coefficient (Wildman–Crippen LogP) is 4.53. The fraction of sp³-hybridized carbons (Fsp3) is 0.524. The highest BCUT2D eigenvalue weighted by atomic mass is 32.1. The molecule has 1 N–H and O–H groups in total. The Morgan fingerprint density at radius 1 is 1.34 bits per heavy atom. The fourth-order valence-electron chi connectivity index (χ4n) is 3.72. The van der Waals surface area contributed by atoms with Crippen LogP contribution in [0.2, 0.25) is 0 Å². The van der Waals surface area contributed by atoms with Gasteiger partial charge in [0.05, 0.1) is 16.7 Å². The van der Waals surface area contributed by atoms with Crippen LogP contribution in [0, 0.1) is 12.8 Å². The normalized spacial score (nSPS) is 16.7. The number of aromatic nitrogens is 1. The van der Waals surface area contributed by atoms with Crippen LogP contribution in [0.4, 0.5) is 8.78 Å². The van der Waals surface area contributed by atoms with Gasteiger partial charge in [-0.2, -0.15) is 8.78 Å². The van der Waals surface area contributed by atoms with E-state index in [0.717, 1.165) is 43.2 Å². The Morgan fingerprint density at radius 3 is 2.69 bits per heavy atom. The molecule has 1 aliphatic heterocycles.